The molecule has 6 nitrogen and oxygen atoms in total. The number of aryl methyl sites for hydroxylation is 2. The van der Waals surface area contributed by atoms with Crippen molar-refractivity contribution < 1.29 is 14.6 Å². The van der Waals surface area contributed by atoms with E-state index in [-0.39, 0.29) is 5.69 Å². The van der Waals surface area contributed by atoms with Gasteiger partial charge in [-0.25, -0.2) is 9.78 Å². The smallest absolute Gasteiger partial charge is 0.356 e. The predicted molar refractivity (Wildman–Crippen MR) is 91.4 cm³/mol. The summed E-state index contributed by atoms with van der Waals surface area (Å²) in [4.78, 5) is 20.8. The Balaban J connectivity index is 1.73. The number of hydrogen-bond acceptors (Lipinski definition) is 5. The van der Waals surface area contributed by atoms with Gasteiger partial charge in [-0.3, -0.25) is 4.98 Å². The van der Waals surface area contributed by atoms with E-state index in [4.69, 9.17) is 9.84 Å². The van der Waals surface area contributed by atoms with Crippen LogP contribution >= 0.6 is 0 Å². The first-order valence-corrected chi connectivity index (χ1v) is 7.88. The standard InChI is InChI=1S/C18H23N3O3/c1-13-7-14(2)9-16(8-13)24-6-4-5-21(3)12-15-10-20-17(11-19-15)18(22)23/h7-11H,4-6,12H2,1-3H3,(H,22,23). The Hall–Kier alpha value is -2.47. The molecule has 0 aliphatic carbocycles. The molecule has 1 aromatic carbocycles. The first-order valence-electron chi connectivity index (χ1n) is 7.88. The minimum Gasteiger partial charge on any atom is -0.494 e. The van der Waals surface area contributed by atoms with Gasteiger partial charge >= 0.3 is 5.97 Å². The van der Waals surface area contributed by atoms with E-state index >= 15 is 0 Å². The zero-order chi connectivity index (χ0) is 17.5. The highest BCUT2D eigenvalue weighted by atomic mass is 16.5. The van der Waals surface area contributed by atoms with Crippen molar-refractivity contribution in [2.45, 2.75) is 26.8 Å². The minimum absolute atomic E-state index is 0.0387. The van der Waals surface area contributed by atoms with Gasteiger partial charge in [-0.15, -0.1) is 0 Å². The van der Waals surface area contributed by atoms with Crippen molar-refractivity contribution >= 4 is 5.97 Å². The summed E-state index contributed by atoms with van der Waals surface area (Å²) in [6, 6.07) is 6.20. The van der Waals surface area contributed by atoms with E-state index in [1.807, 2.05) is 19.2 Å². The van der Waals surface area contributed by atoms with Crippen LogP contribution in [0.2, 0.25) is 0 Å². The normalized spacial score (nSPS) is 10.8. The fourth-order valence-corrected chi connectivity index (χ4v) is 2.44. The van der Waals surface area contributed by atoms with Crippen molar-refractivity contribution in [2.75, 3.05) is 20.2 Å². The van der Waals surface area contributed by atoms with Gasteiger partial charge in [0.15, 0.2) is 5.69 Å². The topological polar surface area (TPSA) is 75.5 Å². The molecule has 0 aliphatic heterocycles. The van der Waals surface area contributed by atoms with Gasteiger partial charge in [-0.1, -0.05) is 6.07 Å². The maximum Gasteiger partial charge on any atom is 0.356 e. The van der Waals surface area contributed by atoms with Crippen LogP contribution in [-0.2, 0) is 6.54 Å². The molecule has 2 aromatic rings. The average Bonchev–Trinajstić information content (AvgIpc) is 2.51. The predicted octanol–water partition coefficient (Wildman–Crippen LogP) is 2.69. The van der Waals surface area contributed by atoms with Gasteiger partial charge < -0.3 is 14.7 Å². The lowest BCUT2D eigenvalue weighted by Crippen LogP contribution is -2.21. The Labute approximate surface area is 142 Å². The minimum atomic E-state index is -1.06. The number of aromatic nitrogens is 2. The Morgan fingerprint density at radius 1 is 1.17 bits per heavy atom. The Morgan fingerprint density at radius 3 is 2.46 bits per heavy atom. The molecule has 0 saturated heterocycles. The first-order chi connectivity index (χ1) is 11.4. The molecular formula is C18H23N3O3. The second-order valence-electron chi connectivity index (χ2n) is 5.96. The second kappa shape index (κ2) is 8.40. The van der Waals surface area contributed by atoms with Crippen LogP contribution in [0, 0.1) is 13.8 Å². The fraction of sp³-hybridized carbons (Fsp3) is 0.389. The van der Waals surface area contributed by atoms with Crippen molar-refractivity contribution in [1.29, 1.82) is 0 Å². The van der Waals surface area contributed by atoms with E-state index in [0.717, 1.165) is 24.4 Å². The molecular weight excluding hydrogens is 306 g/mol. The lowest BCUT2D eigenvalue weighted by atomic mass is 10.1. The molecule has 0 bridgehead atoms. The molecule has 1 N–H and O–H groups in total. The Morgan fingerprint density at radius 2 is 1.88 bits per heavy atom. The Bertz CT molecular complexity index is 666. The number of rotatable bonds is 8. The van der Waals surface area contributed by atoms with E-state index in [0.29, 0.717) is 13.2 Å². The number of nitrogens with zero attached hydrogens (tertiary/aromatic N) is 3. The molecule has 2 rings (SSSR count). The van der Waals surface area contributed by atoms with Crippen molar-refractivity contribution in [3.63, 3.8) is 0 Å². The van der Waals surface area contributed by atoms with Crippen LogP contribution in [0.1, 0.15) is 33.7 Å². The third kappa shape index (κ3) is 5.62. The van der Waals surface area contributed by atoms with Crippen LogP contribution in [0.5, 0.6) is 5.75 Å². The number of carbonyl (C=O) groups is 1. The van der Waals surface area contributed by atoms with Gasteiger partial charge in [0.1, 0.15) is 5.75 Å². The molecule has 6 heteroatoms. The van der Waals surface area contributed by atoms with E-state index < -0.39 is 5.97 Å². The highest BCUT2D eigenvalue weighted by molar-refractivity contribution is 5.84. The summed E-state index contributed by atoms with van der Waals surface area (Å²) < 4.78 is 5.79. The van der Waals surface area contributed by atoms with Gasteiger partial charge in [-0.2, -0.15) is 0 Å². The van der Waals surface area contributed by atoms with E-state index in [9.17, 15) is 4.79 Å². The Kier molecular flexibility index (Phi) is 6.26. The summed E-state index contributed by atoms with van der Waals surface area (Å²) in [6.07, 6.45) is 3.69. The second-order valence-corrected chi connectivity index (χ2v) is 5.96. The van der Waals surface area contributed by atoms with Crippen LogP contribution in [0.4, 0.5) is 0 Å². The third-order valence-corrected chi connectivity index (χ3v) is 3.50. The molecule has 0 fully saturated rings. The molecule has 128 valence electrons. The number of hydrogen-bond donors (Lipinski definition) is 1. The molecule has 0 saturated carbocycles. The van der Waals surface area contributed by atoms with Crippen molar-refractivity contribution in [3.05, 3.63) is 53.1 Å². The van der Waals surface area contributed by atoms with Crippen LogP contribution in [0.25, 0.3) is 0 Å². The molecule has 0 aliphatic rings. The third-order valence-electron chi connectivity index (χ3n) is 3.50. The molecule has 0 atom stereocenters. The van der Waals surface area contributed by atoms with Crippen LogP contribution < -0.4 is 4.74 Å². The number of benzene rings is 1. The average molecular weight is 329 g/mol. The SMILES string of the molecule is Cc1cc(C)cc(OCCCN(C)Cc2cnc(C(=O)O)cn2)c1. The van der Waals surface area contributed by atoms with Gasteiger partial charge in [0.05, 0.1) is 24.7 Å². The summed E-state index contributed by atoms with van der Waals surface area (Å²) in [5.74, 6) is -0.156. The number of ether oxygens (including phenoxy) is 1. The highest BCUT2D eigenvalue weighted by Crippen LogP contribution is 2.16. The maximum atomic E-state index is 10.7. The van der Waals surface area contributed by atoms with E-state index in [1.165, 1.54) is 23.5 Å². The molecule has 0 spiro atoms. The van der Waals surface area contributed by atoms with Crippen LogP contribution in [0.3, 0.4) is 0 Å². The first kappa shape index (κ1) is 17.9. The monoisotopic (exact) mass is 329 g/mol. The molecule has 1 heterocycles. The van der Waals surface area contributed by atoms with Gasteiger partial charge in [0, 0.05) is 13.1 Å². The van der Waals surface area contributed by atoms with Crippen molar-refractivity contribution in [1.82, 2.24) is 14.9 Å². The largest absolute Gasteiger partial charge is 0.494 e. The molecule has 0 unspecified atom stereocenters. The zero-order valence-electron chi connectivity index (χ0n) is 14.3. The van der Waals surface area contributed by atoms with Crippen molar-refractivity contribution in [2.24, 2.45) is 0 Å². The van der Waals surface area contributed by atoms with Gasteiger partial charge in [-0.05, 0) is 50.6 Å². The number of carboxylic acids is 1. The lowest BCUT2D eigenvalue weighted by Gasteiger charge is -2.16. The molecule has 0 radical (unpaired) electrons. The summed E-state index contributed by atoms with van der Waals surface area (Å²) in [6.45, 7) is 6.25. The quantitative estimate of drug-likeness (QED) is 0.751. The maximum absolute atomic E-state index is 10.7. The summed E-state index contributed by atoms with van der Waals surface area (Å²) in [5.41, 5.74) is 3.11. The van der Waals surface area contributed by atoms with Crippen molar-refractivity contribution in [3.8, 4) is 5.75 Å². The summed E-state index contributed by atoms with van der Waals surface area (Å²) in [7, 11) is 1.99. The van der Waals surface area contributed by atoms with Gasteiger partial charge in [0.2, 0.25) is 0 Å². The van der Waals surface area contributed by atoms with E-state index in [2.05, 4.69) is 34.8 Å². The number of carboxylic acid groups (broad SMARTS) is 1. The number of aromatic carboxylic acids is 1. The summed E-state index contributed by atoms with van der Waals surface area (Å²) >= 11 is 0. The molecule has 1 aromatic heterocycles. The lowest BCUT2D eigenvalue weighted by molar-refractivity contribution is 0.0690. The highest BCUT2D eigenvalue weighted by Gasteiger charge is 2.07. The van der Waals surface area contributed by atoms with Crippen LogP contribution in [-0.4, -0.2) is 46.1 Å². The van der Waals surface area contributed by atoms with Gasteiger partial charge in [0.25, 0.3) is 0 Å². The molecule has 0 amide bonds. The summed E-state index contributed by atoms with van der Waals surface area (Å²) in [5, 5.41) is 8.80. The van der Waals surface area contributed by atoms with E-state index in [1.54, 1.807) is 0 Å². The molecule has 24 heavy (non-hydrogen) atoms. The fourth-order valence-electron chi connectivity index (χ4n) is 2.44. The van der Waals surface area contributed by atoms with Crippen LogP contribution in [0.15, 0.2) is 30.6 Å². The zero-order valence-corrected chi connectivity index (χ0v) is 14.3.